The number of aryl methyl sites for hydroxylation is 1. The summed E-state index contributed by atoms with van der Waals surface area (Å²) in [6.07, 6.45) is 0.198. The van der Waals surface area contributed by atoms with E-state index in [1.165, 1.54) is 11.1 Å². The van der Waals surface area contributed by atoms with Crippen LogP contribution in [0.25, 0.3) is 0 Å². The third kappa shape index (κ3) is 2.92. The van der Waals surface area contributed by atoms with E-state index in [9.17, 15) is 0 Å². The first-order valence-corrected chi connectivity index (χ1v) is 7.07. The predicted octanol–water partition coefficient (Wildman–Crippen LogP) is 3.89. The number of rotatable bonds is 4. The highest BCUT2D eigenvalue weighted by Crippen LogP contribution is 2.26. The summed E-state index contributed by atoms with van der Waals surface area (Å²) in [7, 11) is 0. The van der Waals surface area contributed by atoms with Gasteiger partial charge in [0.1, 0.15) is 5.75 Å². The monoisotopic (exact) mass is 261 g/mol. The van der Waals surface area contributed by atoms with Gasteiger partial charge in [0.05, 0.1) is 12.1 Å². The highest BCUT2D eigenvalue weighted by Gasteiger charge is 2.12. The van der Waals surface area contributed by atoms with Gasteiger partial charge in [-0.05, 0) is 60.4 Å². The minimum Gasteiger partial charge on any atom is -0.491 e. The van der Waals surface area contributed by atoms with Gasteiger partial charge in [-0.3, -0.25) is 0 Å². The Labute approximate surface area is 112 Å². The summed E-state index contributed by atoms with van der Waals surface area (Å²) in [5.74, 6) is 0.892. The van der Waals surface area contributed by atoms with Crippen LogP contribution in [-0.2, 0) is 0 Å². The zero-order valence-corrected chi connectivity index (χ0v) is 11.8. The Morgan fingerprint density at radius 2 is 1.78 bits per heavy atom. The van der Waals surface area contributed by atoms with Crippen molar-refractivity contribution in [1.29, 1.82) is 0 Å². The Bertz CT molecular complexity index is 501. The van der Waals surface area contributed by atoms with Crippen molar-refractivity contribution in [3.8, 4) is 5.75 Å². The van der Waals surface area contributed by atoms with E-state index in [4.69, 9.17) is 10.5 Å². The maximum absolute atomic E-state index is 6.28. The van der Waals surface area contributed by atoms with Crippen LogP contribution in [0.1, 0.15) is 36.6 Å². The molecule has 1 aromatic carbocycles. The lowest BCUT2D eigenvalue weighted by Gasteiger charge is -2.14. The van der Waals surface area contributed by atoms with E-state index in [0.29, 0.717) is 0 Å². The summed E-state index contributed by atoms with van der Waals surface area (Å²) in [4.78, 5) is 0. The molecule has 0 fully saturated rings. The number of ether oxygens (including phenoxy) is 1. The summed E-state index contributed by atoms with van der Waals surface area (Å²) in [6, 6.07) is 8.00. The molecule has 2 rings (SSSR count). The molecular weight excluding hydrogens is 242 g/mol. The molecule has 0 saturated heterocycles. The zero-order chi connectivity index (χ0) is 13.1. The molecule has 0 amide bonds. The van der Waals surface area contributed by atoms with Crippen LogP contribution in [-0.4, -0.2) is 6.10 Å². The Morgan fingerprint density at radius 3 is 2.28 bits per heavy atom. The van der Waals surface area contributed by atoms with Gasteiger partial charge in [-0.15, -0.1) is 0 Å². The second-order valence-corrected chi connectivity index (χ2v) is 5.47. The van der Waals surface area contributed by atoms with Gasteiger partial charge in [0.2, 0.25) is 0 Å². The van der Waals surface area contributed by atoms with Crippen LogP contribution in [0.15, 0.2) is 35.0 Å². The third-order valence-corrected chi connectivity index (χ3v) is 3.72. The molecule has 0 spiro atoms. The number of nitrogens with two attached hydrogens (primary N) is 1. The highest BCUT2D eigenvalue weighted by atomic mass is 32.1. The van der Waals surface area contributed by atoms with Crippen LogP contribution in [0.5, 0.6) is 5.75 Å². The lowest BCUT2D eigenvalue weighted by Crippen LogP contribution is -2.12. The smallest absolute Gasteiger partial charge is 0.119 e. The largest absolute Gasteiger partial charge is 0.491 e. The first-order chi connectivity index (χ1) is 8.58. The average molecular weight is 261 g/mol. The van der Waals surface area contributed by atoms with Gasteiger partial charge >= 0.3 is 0 Å². The van der Waals surface area contributed by atoms with E-state index in [0.717, 1.165) is 11.3 Å². The van der Waals surface area contributed by atoms with Gasteiger partial charge in [0, 0.05) is 0 Å². The van der Waals surface area contributed by atoms with E-state index in [2.05, 4.69) is 17.7 Å². The van der Waals surface area contributed by atoms with Crippen LogP contribution in [0, 0.1) is 6.92 Å². The standard InChI is InChI=1S/C15H19NOS/c1-10(2)17-13-6-4-12(5-7-13)15(16)14-9-18-8-11(14)3/h4-10,15H,16H2,1-3H3. The molecule has 0 saturated carbocycles. The fourth-order valence-electron chi connectivity index (χ4n) is 1.89. The van der Waals surface area contributed by atoms with E-state index >= 15 is 0 Å². The van der Waals surface area contributed by atoms with Crippen molar-refractivity contribution < 1.29 is 4.74 Å². The highest BCUT2D eigenvalue weighted by molar-refractivity contribution is 7.08. The molecule has 1 unspecified atom stereocenters. The van der Waals surface area contributed by atoms with Crippen molar-refractivity contribution in [2.24, 2.45) is 5.73 Å². The van der Waals surface area contributed by atoms with Crippen molar-refractivity contribution in [2.75, 3.05) is 0 Å². The van der Waals surface area contributed by atoms with Gasteiger partial charge in [-0.2, -0.15) is 11.3 Å². The molecule has 2 N–H and O–H groups in total. The van der Waals surface area contributed by atoms with Crippen molar-refractivity contribution in [2.45, 2.75) is 32.9 Å². The summed E-state index contributed by atoms with van der Waals surface area (Å²) in [5.41, 5.74) is 9.86. The lowest BCUT2D eigenvalue weighted by molar-refractivity contribution is 0.242. The molecule has 96 valence electrons. The summed E-state index contributed by atoms with van der Waals surface area (Å²) in [6.45, 7) is 6.14. The van der Waals surface area contributed by atoms with Crippen LogP contribution >= 0.6 is 11.3 Å². The van der Waals surface area contributed by atoms with Gasteiger partial charge in [0.15, 0.2) is 0 Å². The maximum Gasteiger partial charge on any atom is 0.119 e. The molecule has 2 aromatic rings. The summed E-state index contributed by atoms with van der Waals surface area (Å²) in [5, 5.41) is 4.25. The Hall–Kier alpha value is -1.32. The van der Waals surface area contributed by atoms with Gasteiger partial charge in [-0.25, -0.2) is 0 Å². The van der Waals surface area contributed by atoms with Gasteiger partial charge in [0.25, 0.3) is 0 Å². The fourth-order valence-corrected chi connectivity index (χ4v) is 2.78. The molecular formula is C15H19NOS. The molecule has 0 radical (unpaired) electrons. The van der Waals surface area contributed by atoms with Gasteiger partial charge in [-0.1, -0.05) is 12.1 Å². The molecule has 0 aliphatic heterocycles. The Balaban J connectivity index is 2.17. The van der Waals surface area contributed by atoms with Crippen molar-refractivity contribution >= 4 is 11.3 Å². The van der Waals surface area contributed by atoms with E-state index in [1.807, 2.05) is 38.1 Å². The van der Waals surface area contributed by atoms with Crippen molar-refractivity contribution in [3.63, 3.8) is 0 Å². The minimum atomic E-state index is -0.0515. The third-order valence-electron chi connectivity index (χ3n) is 2.84. The molecule has 3 heteroatoms. The Morgan fingerprint density at radius 1 is 1.11 bits per heavy atom. The summed E-state index contributed by atoms with van der Waals surface area (Å²) >= 11 is 1.70. The number of thiophene rings is 1. The first kappa shape index (κ1) is 13.1. The molecule has 1 aromatic heterocycles. The predicted molar refractivity (Wildman–Crippen MR) is 77.3 cm³/mol. The average Bonchev–Trinajstić information content (AvgIpc) is 2.75. The van der Waals surface area contributed by atoms with Crippen LogP contribution in [0.2, 0.25) is 0 Å². The molecule has 0 bridgehead atoms. The maximum atomic E-state index is 6.28. The fraction of sp³-hybridized carbons (Fsp3) is 0.333. The number of benzene rings is 1. The second-order valence-electron chi connectivity index (χ2n) is 4.72. The molecule has 1 atom stereocenters. The topological polar surface area (TPSA) is 35.2 Å². The Kier molecular flexibility index (Phi) is 4.04. The van der Waals surface area contributed by atoms with Crippen molar-refractivity contribution in [3.05, 3.63) is 51.7 Å². The van der Waals surface area contributed by atoms with E-state index < -0.39 is 0 Å². The quantitative estimate of drug-likeness (QED) is 0.906. The SMILES string of the molecule is Cc1cscc1C(N)c1ccc(OC(C)C)cc1. The second kappa shape index (κ2) is 5.55. The van der Waals surface area contributed by atoms with Crippen LogP contribution < -0.4 is 10.5 Å². The molecule has 2 nitrogen and oxygen atoms in total. The normalized spacial score (nSPS) is 12.7. The summed E-state index contributed by atoms with van der Waals surface area (Å²) < 4.78 is 5.62. The molecule has 18 heavy (non-hydrogen) atoms. The lowest BCUT2D eigenvalue weighted by atomic mass is 9.99. The zero-order valence-electron chi connectivity index (χ0n) is 11.0. The van der Waals surface area contributed by atoms with Crippen molar-refractivity contribution in [1.82, 2.24) is 0 Å². The molecule has 1 heterocycles. The molecule has 0 aliphatic carbocycles. The number of hydrogen-bond donors (Lipinski definition) is 1. The first-order valence-electron chi connectivity index (χ1n) is 6.13. The van der Waals surface area contributed by atoms with Gasteiger partial charge < -0.3 is 10.5 Å². The minimum absolute atomic E-state index is 0.0515. The van der Waals surface area contributed by atoms with Crippen LogP contribution in [0.3, 0.4) is 0 Å². The van der Waals surface area contributed by atoms with E-state index in [1.54, 1.807) is 11.3 Å². The number of hydrogen-bond acceptors (Lipinski definition) is 3. The van der Waals surface area contributed by atoms with E-state index in [-0.39, 0.29) is 12.1 Å². The molecule has 0 aliphatic rings. The van der Waals surface area contributed by atoms with Crippen LogP contribution in [0.4, 0.5) is 0 Å².